The lowest BCUT2D eigenvalue weighted by Crippen LogP contribution is -2.46. The lowest BCUT2D eigenvalue weighted by molar-refractivity contribution is 0.219. The number of rotatable bonds is 6. The minimum absolute atomic E-state index is 0.0353. The third kappa shape index (κ3) is 4.29. The standard InChI is InChI=1S/C20H26BClFN4O2Si/c1-19(2,3)30(5,6)29-11-20(4)10-27(21-12-28)17-14(20)7-13(8-24-17)16-15(23)9-25-18(22)26-16/h7-9,12H,10-11H2,1-6H3. The summed E-state index contributed by atoms with van der Waals surface area (Å²) in [6.07, 6.45) is 3.32. The van der Waals surface area contributed by atoms with Crippen LogP contribution in [0.2, 0.25) is 23.4 Å². The van der Waals surface area contributed by atoms with E-state index in [2.05, 4.69) is 55.7 Å². The van der Waals surface area contributed by atoms with Gasteiger partial charge >= 0.3 is 7.41 Å². The molecular weight excluding hydrogens is 422 g/mol. The molecule has 1 atom stereocenters. The highest BCUT2D eigenvalue weighted by Gasteiger charge is 2.44. The van der Waals surface area contributed by atoms with Crippen molar-refractivity contribution < 1.29 is 13.6 Å². The van der Waals surface area contributed by atoms with E-state index in [4.69, 9.17) is 16.0 Å². The van der Waals surface area contributed by atoms with Crippen LogP contribution in [0.1, 0.15) is 33.3 Å². The highest BCUT2D eigenvalue weighted by atomic mass is 35.5. The third-order valence-corrected chi connectivity index (χ3v) is 10.8. The zero-order valence-corrected chi connectivity index (χ0v) is 19.9. The van der Waals surface area contributed by atoms with Crippen molar-refractivity contribution in [2.24, 2.45) is 0 Å². The van der Waals surface area contributed by atoms with Gasteiger partial charge in [-0.3, -0.25) is 0 Å². The summed E-state index contributed by atoms with van der Waals surface area (Å²) in [4.78, 5) is 25.2. The van der Waals surface area contributed by atoms with E-state index in [0.717, 1.165) is 17.9 Å². The second kappa shape index (κ2) is 8.01. The molecule has 0 aliphatic carbocycles. The summed E-state index contributed by atoms with van der Waals surface area (Å²) in [6, 6.07) is 1.86. The van der Waals surface area contributed by atoms with Crippen LogP contribution in [0.15, 0.2) is 18.5 Å². The number of carbonyl (C=O) groups excluding carboxylic acids is 1. The Morgan fingerprint density at radius 3 is 2.70 bits per heavy atom. The van der Waals surface area contributed by atoms with Crippen molar-refractivity contribution in [2.75, 3.05) is 18.0 Å². The number of halogens is 2. The molecule has 1 radical (unpaired) electrons. The molecule has 0 amide bonds. The van der Waals surface area contributed by atoms with Crippen molar-refractivity contribution in [2.45, 2.75) is 51.2 Å². The van der Waals surface area contributed by atoms with E-state index in [1.54, 1.807) is 0 Å². The summed E-state index contributed by atoms with van der Waals surface area (Å²) in [5.74, 6) is 0.0856. The molecule has 1 aliphatic rings. The fraction of sp³-hybridized carbons (Fsp3) is 0.500. The Kier molecular flexibility index (Phi) is 6.10. The smallest absolute Gasteiger partial charge is 0.330 e. The molecule has 1 aliphatic heterocycles. The lowest BCUT2D eigenvalue weighted by Gasteiger charge is -2.39. The molecule has 0 N–H and O–H groups in total. The van der Waals surface area contributed by atoms with Gasteiger partial charge in [-0.15, -0.1) is 0 Å². The number of hydrogen-bond acceptors (Lipinski definition) is 6. The maximum absolute atomic E-state index is 14.3. The van der Waals surface area contributed by atoms with Crippen LogP contribution in [-0.2, 0) is 14.6 Å². The highest BCUT2D eigenvalue weighted by molar-refractivity contribution is 6.74. The Bertz CT molecular complexity index is 972. The number of nitrogens with zero attached hydrogens (tertiary/aromatic N) is 4. The van der Waals surface area contributed by atoms with Crippen molar-refractivity contribution in [1.82, 2.24) is 15.0 Å². The van der Waals surface area contributed by atoms with E-state index in [-0.39, 0.29) is 16.0 Å². The molecule has 6 nitrogen and oxygen atoms in total. The molecule has 1 unspecified atom stereocenters. The van der Waals surface area contributed by atoms with Gasteiger partial charge in [0.15, 0.2) is 14.1 Å². The minimum atomic E-state index is -1.99. The predicted molar refractivity (Wildman–Crippen MR) is 121 cm³/mol. The van der Waals surface area contributed by atoms with Gasteiger partial charge in [-0.25, -0.2) is 19.3 Å². The second-order valence-corrected chi connectivity index (χ2v) is 14.6. The number of pyridine rings is 1. The summed E-state index contributed by atoms with van der Waals surface area (Å²) in [5, 5.41) is 0.0344. The van der Waals surface area contributed by atoms with Crippen molar-refractivity contribution in [3.63, 3.8) is 0 Å². The number of fused-ring (bicyclic) bond motifs is 1. The van der Waals surface area contributed by atoms with Crippen LogP contribution in [0.3, 0.4) is 0 Å². The van der Waals surface area contributed by atoms with E-state index in [9.17, 15) is 9.18 Å². The molecular formula is C20H26BClFN4O2Si. The highest BCUT2D eigenvalue weighted by Crippen LogP contribution is 2.43. The van der Waals surface area contributed by atoms with Gasteiger partial charge in [0, 0.05) is 35.9 Å². The van der Waals surface area contributed by atoms with Crippen molar-refractivity contribution >= 4 is 39.3 Å². The summed E-state index contributed by atoms with van der Waals surface area (Å²) in [6.45, 7) is 14.1. The van der Waals surface area contributed by atoms with E-state index < -0.39 is 19.5 Å². The fourth-order valence-electron chi connectivity index (χ4n) is 3.22. The van der Waals surface area contributed by atoms with E-state index >= 15 is 0 Å². The molecule has 3 rings (SSSR count). The summed E-state index contributed by atoms with van der Waals surface area (Å²) >= 11 is 5.87. The van der Waals surface area contributed by atoms with E-state index in [0.29, 0.717) is 24.5 Å². The molecule has 2 aromatic rings. The van der Waals surface area contributed by atoms with E-state index in [1.165, 1.54) is 13.6 Å². The number of hydrogen-bond donors (Lipinski definition) is 0. The lowest BCUT2D eigenvalue weighted by atomic mass is 9.85. The Morgan fingerprint density at radius 2 is 2.07 bits per heavy atom. The number of aromatic nitrogens is 3. The van der Waals surface area contributed by atoms with E-state index in [1.807, 2.05) is 10.9 Å². The second-order valence-electron chi connectivity index (χ2n) is 9.45. The summed E-state index contributed by atoms with van der Waals surface area (Å²) < 4.78 is 20.9. The van der Waals surface area contributed by atoms with Gasteiger partial charge in [0.2, 0.25) is 5.28 Å². The van der Waals surface area contributed by atoms with Gasteiger partial charge in [-0.2, -0.15) is 0 Å². The summed E-state index contributed by atoms with van der Waals surface area (Å²) in [5.41, 5.74) is 1.05. The van der Waals surface area contributed by atoms with Gasteiger partial charge in [0.05, 0.1) is 6.20 Å². The quantitative estimate of drug-likeness (QED) is 0.375. The van der Waals surface area contributed by atoms with Crippen molar-refractivity contribution in [3.8, 4) is 11.3 Å². The van der Waals surface area contributed by atoms with Crippen LogP contribution in [-0.4, -0.2) is 50.0 Å². The average molecular weight is 448 g/mol. The van der Waals surface area contributed by atoms with Crippen LogP contribution < -0.4 is 4.81 Å². The van der Waals surface area contributed by atoms with Gasteiger partial charge in [-0.05, 0) is 35.8 Å². The Morgan fingerprint density at radius 1 is 1.37 bits per heavy atom. The van der Waals surface area contributed by atoms with Crippen molar-refractivity contribution in [3.05, 3.63) is 35.1 Å². The molecule has 2 aromatic heterocycles. The van der Waals surface area contributed by atoms with Crippen LogP contribution in [0.4, 0.5) is 10.2 Å². The molecule has 0 aromatic carbocycles. The molecule has 159 valence electrons. The molecule has 10 heteroatoms. The van der Waals surface area contributed by atoms with Crippen LogP contribution >= 0.6 is 11.6 Å². The van der Waals surface area contributed by atoms with Crippen molar-refractivity contribution in [1.29, 1.82) is 0 Å². The number of anilines is 1. The maximum Gasteiger partial charge on any atom is 0.330 e. The SMILES string of the molecule is CC1(CO[Si](C)(C)C(C)(C)C)CN([B]C=O)c2ncc(-c3nc(Cl)ncc3F)cc21. The molecule has 0 fully saturated rings. The number of carbonyl (C=O) groups is 1. The van der Waals surface area contributed by atoms with Crippen LogP contribution in [0.25, 0.3) is 11.3 Å². The first-order valence-electron chi connectivity index (χ1n) is 9.76. The zero-order valence-electron chi connectivity index (χ0n) is 18.2. The fourth-order valence-corrected chi connectivity index (χ4v) is 4.47. The Labute approximate surface area is 183 Å². The van der Waals surface area contributed by atoms with Crippen LogP contribution in [0.5, 0.6) is 0 Å². The topological polar surface area (TPSA) is 68.2 Å². The monoisotopic (exact) mass is 447 g/mol. The predicted octanol–water partition coefficient (Wildman–Crippen LogP) is 4.24. The Balaban J connectivity index is 2.02. The largest absolute Gasteiger partial charge is 0.416 e. The molecule has 30 heavy (non-hydrogen) atoms. The van der Waals surface area contributed by atoms with Gasteiger partial charge < -0.3 is 14.0 Å². The summed E-state index contributed by atoms with van der Waals surface area (Å²) in [7, 11) is -0.528. The van der Waals surface area contributed by atoms with Gasteiger partial charge in [0.25, 0.3) is 0 Å². The first kappa shape index (κ1) is 22.8. The third-order valence-electron chi connectivity index (χ3n) is 6.09. The zero-order chi connectivity index (χ0) is 22.3. The first-order chi connectivity index (χ1) is 13.9. The molecule has 0 saturated heterocycles. The maximum atomic E-state index is 14.3. The molecule has 3 heterocycles. The van der Waals surface area contributed by atoms with Gasteiger partial charge in [-0.1, -0.05) is 27.7 Å². The minimum Gasteiger partial charge on any atom is -0.416 e. The molecule has 0 saturated carbocycles. The average Bonchev–Trinajstić information content (AvgIpc) is 2.94. The normalized spacial score (nSPS) is 19.0. The molecule has 0 spiro atoms. The molecule has 0 bridgehead atoms. The Hall–Kier alpha value is -1.84. The van der Waals surface area contributed by atoms with Gasteiger partial charge in [0.1, 0.15) is 17.7 Å². The van der Waals surface area contributed by atoms with Crippen LogP contribution in [0, 0.1) is 5.82 Å². The first-order valence-corrected chi connectivity index (χ1v) is 13.0.